The maximum absolute atomic E-state index is 13.2. The highest BCUT2D eigenvalue weighted by Crippen LogP contribution is 2.75. The van der Waals surface area contributed by atoms with Gasteiger partial charge in [0, 0.05) is 56.6 Å². The van der Waals surface area contributed by atoms with E-state index < -0.39 is 0 Å². The van der Waals surface area contributed by atoms with Crippen molar-refractivity contribution in [3.8, 4) is 0 Å². The largest absolute Gasteiger partial charge is 0.512 e. The van der Waals surface area contributed by atoms with Gasteiger partial charge in [-0.15, -0.1) is 0 Å². The maximum Gasteiger partial charge on any atom is 0.317 e. The van der Waals surface area contributed by atoms with E-state index in [4.69, 9.17) is 0 Å². The number of piperidine rings is 1. The monoisotopic (exact) mass is 452 g/mol. The molecule has 180 valence electrons. The molecule has 5 unspecified atom stereocenters. The molecule has 0 radical (unpaired) electrons. The molecule has 7 rings (SSSR count). The molecule has 6 nitrogen and oxygen atoms in total. The first-order chi connectivity index (χ1) is 16.1. The number of rotatable bonds is 3. The van der Waals surface area contributed by atoms with E-state index in [9.17, 15) is 9.90 Å². The van der Waals surface area contributed by atoms with Gasteiger partial charge in [0.25, 0.3) is 0 Å². The molecule has 2 aliphatic heterocycles. The lowest BCUT2D eigenvalue weighted by atomic mass is 9.43. The molecule has 0 spiro atoms. The van der Waals surface area contributed by atoms with Crippen molar-refractivity contribution >= 4 is 6.03 Å². The van der Waals surface area contributed by atoms with Crippen molar-refractivity contribution < 1.29 is 9.90 Å². The van der Waals surface area contributed by atoms with Crippen molar-refractivity contribution in [1.82, 2.24) is 20.4 Å². The number of piperazine rings is 1. The Morgan fingerprint density at radius 2 is 1.91 bits per heavy atom. The predicted octanol–water partition coefficient (Wildman–Crippen LogP) is 3.57. The third kappa shape index (κ3) is 2.95. The van der Waals surface area contributed by atoms with Crippen LogP contribution in [-0.4, -0.2) is 72.3 Å². The van der Waals surface area contributed by atoms with E-state index in [0.29, 0.717) is 23.1 Å². The number of hydrogen-bond acceptors (Lipinski definition) is 4. The van der Waals surface area contributed by atoms with Crippen LogP contribution >= 0.6 is 0 Å². The molecule has 3 N–H and O–H groups in total. The number of carbonyl (C=O) groups excluding carboxylic acids is 1. The number of urea groups is 1. The van der Waals surface area contributed by atoms with Gasteiger partial charge in [-0.05, 0) is 93.2 Å². The number of hydrogen-bond donors (Lipinski definition) is 3. The van der Waals surface area contributed by atoms with Crippen LogP contribution in [-0.2, 0) is 0 Å². The lowest BCUT2D eigenvalue weighted by molar-refractivity contribution is -0.119. The summed E-state index contributed by atoms with van der Waals surface area (Å²) in [6.07, 6.45) is 14.2. The van der Waals surface area contributed by atoms with Gasteiger partial charge in [-0.1, -0.05) is 5.57 Å². The minimum Gasteiger partial charge on any atom is -0.512 e. The lowest BCUT2D eigenvalue weighted by Gasteiger charge is -2.67. The second-order valence-corrected chi connectivity index (χ2v) is 12.2. The molecule has 0 aromatic rings. The Balaban J connectivity index is 1.24. The van der Waals surface area contributed by atoms with Gasteiger partial charge in [0.1, 0.15) is 0 Å². The van der Waals surface area contributed by atoms with Gasteiger partial charge in [0.2, 0.25) is 0 Å². The van der Waals surface area contributed by atoms with Crippen molar-refractivity contribution in [2.75, 3.05) is 39.3 Å². The van der Waals surface area contributed by atoms with Crippen LogP contribution in [0.3, 0.4) is 0 Å². The zero-order chi connectivity index (χ0) is 22.2. The van der Waals surface area contributed by atoms with Crippen LogP contribution in [0.5, 0.6) is 0 Å². The molecule has 5 aliphatic carbocycles. The average Bonchev–Trinajstić information content (AvgIpc) is 3.61. The molecular weight excluding hydrogens is 412 g/mol. The van der Waals surface area contributed by atoms with E-state index in [1.165, 1.54) is 63.6 Å². The highest BCUT2D eigenvalue weighted by Gasteiger charge is 2.71. The molecule has 2 saturated heterocycles. The molecular formula is C27H40N4O2. The Morgan fingerprint density at radius 3 is 2.73 bits per heavy atom. The van der Waals surface area contributed by atoms with Crippen molar-refractivity contribution in [3.05, 3.63) is 23.0 Å². The van der Waals surface area contributed by atoms with Crippen molar-refractivity contribution in [3.63, 3.8) is 0 Å². The second-order valence-electron chi connectivity index (χ2n) is 12.2. The summed E-state index contributed by atoms with van der Waals surface area (Å²) in [5.74, 6) is 2.03. The normalized spacial score (nSPS) is 42.5. The molecule has 0 aromatic heterocycles. The first-order valence-corrected chi connectivity index (χ1v) is 13.7. The first kappa shape index (κ1) is 20.8. The highest BCUT2D eigenvalue weighted by atomic mass is 16.3. The molecule has 4 bridgehead atoms. The fraction of sp³-hybridized carbons (Fsp3) is 0.815. The molecule has 6 heteroatoms. The third-order valence-electron chi connectivity index (χ3n) is 10.9. The van der Waals surface area contributed by atoms with Gasteiger partial charge in [0.15, 0.2) is 0 Å². The summed E-state index contributed by atoms with van der Waals surface area (Å²) in [5.41, 5.74) is 3.64. The zero-order valence-corrected chi connectivity index (χ0v) is 20.0. The zero-order valence-electron chi connectivity index (χ0n) is 20.0. The summed E-state index contributed by atoms with van der Waals surface area (Å²) in [6, 6.07) is 1.09. The summed E-state index contributed by atoms with van der Waals surface area (Å²) in [5, 5.41) is 17.5. The van der Waals surface area contributed by atoms with Gasteiger partial charge in [-0.2, -0.15) is 0 Å². The van der Waals surface area contributed by atoms with Gasteiger partial charge in [-0.3, -0.25) is 4.90 Å². The number of allylic oxidation sites excluding steroid dienone is 3. The minimum absolute atomic E-state index is 0.145. The van der Waals surface area contributed by atoms with Crippen LogP contribution in [0, 0.1) is 22.7 Å². The summed E-state index contributed by atoms with van der Waals surface area (Å²) < 4.78 is 0. The fourth-order valence-corrected chi connectivity index (χ4v) is 9.36. The van der Waals surface area contributed by atoms with Gasteiger partial charge in [0.05, 0.1) is 5.76 Å². The topological polar surface area (TPSA) is 67.8 Å². The molecule has 3 saturated carbocycles. The second kappa shape index (κ2) is 7.48. The Labute approximate surface area is 197 Å². The van der Waals surface area contributed by atoms with Crippen molar-refractivity contribution in [2.45, 2.75) is 76.3 Å². The van der Waals surface area contributed by atoms with Crippen LogP contribution in [0.15, 0.2) is 23.0 Å². The standard InChI is InChI=1S/C27H40N4O2/c32-20-4-3-19-15-24-26-7-5-21(23(6-8-26)29-25(33)30-13-10-28-11-14-30)27(26,22(19)16-20)9-12-31(24)17-18-1-2-18/h16,18,21,23-24,28,32H,1-15,17H2,(H,29,33). The number of nitrogens with one attached hydrogen (secondary N) is 2. The number of aliphatic hydroxyl groups is 1. The quantitative estimate of drug-likeness (QED) is 0.612. The van der Waals surface area contributed by atoms with E-state index in [1.807, 2.05) is 4.90 Å². The van der Waals surface area contributed by atoms with Crippen LogP contribution in [0.4, 0.5) is 4.79 Å². The van der Waals surface area contributed by atoms with E-state index in [2.05, 4.69) is 21.6 Å². The first-order valence-electron chi connectivity index (χ1n) is 13.7. The molecule has 33 heavy (non-hydrogen) atoms. The minimum atomic E-state index is 0.145. The number of carbonyl (C=O) groups is 1. The summed E-state index contributed by atoms with van der Waals surface area (Å²) in [6.45, 7) is 5.91. The average molecular weight is 453 g/mol. The van der Waals surface area contributed by atoms with Crippen LogP contribution in [0.1, 0.15) is 64.2 Å². The SMILES string of the molecule is O=C(NC1CCC23CCC1C21CCN(CC2CC2)C3CC2=C1C=C(O)CC2)N1CCNCC1. The number of amides is 2. The lowest BCUT2D eigenvalue weighted by Crippen LogP contribution is -2.68. The summed E-state index contributed by atoms with van der Waals surface area (Å²) in [4.78, 5) is 18.1. The number of nitrogens with zero attached hydrogens (tertiary/aromatic N) is 2. The van der Waals surface area contributed by atoms with Crippen molar-refractivity contribution in [2.24, 2.45) is 22.7 Å². The highest BCUT2D eigenvalue weighted by molar-refractivity contribution is 5.75. The molecule has 5 fully saturated rings. The van der Waals surface area contributed by atoms with E-state index in [0.717, 1.165) is 51.4 Å². The number of aliphatic hydroxyl groups excluding tert-OH is 1. The summed E-state index contributed by atoms with van der Waals surface area (Å²) in [7, 11) is 0. The molecule has 5 atom stereocenters. The Kier molecular flexibility index (Phi) is 4.72. The molecule has 2 amide bonds. The Morgan fingerprint density at radius 1 is 1.09 bits per heavy atom. The fourth-order valence-electron chi connectivity index (χ4n) is 9.36. The predicted molar refractivity (Wildman–Crippen MR) is 128 cm³/mol. The van der Waals surface area contributed by atoms with Crippen LogP contribution in [0.25, 0.3) is 0 Å². The Bertz CT molecular complexity index is 904. The number of likely N-dealkylation sites (tertiary alicyclic amines) is 1. The van der Waals surface area contributed by atoms with E-state index >= 15 is 0 Å². The maximum atomic E-state index is 13.2. The van der Waals surface area contributed by atoms with Crippen LogP contribution in [0.2, 0.25) is 0 Å². The van der Waals surface area contributed by atoms with E-state index in [1.54, 1.807) is 5.57 Å². The van der Waals surface area contributed by atoms with Gasteiger partial charge >= 0.3 is 6.03 Å². The third-order valence-corrected chi connectivity index (χ3v) is 10.9. The smallest absolute Gasteiger partial charge is 0.317 e. The molecule has 7 aliphatic rings. The Hall–Kier alpha value is -1.53. The molecule has 0 aromatic carbocycles. The summed E-state index contributed by atoms with van der Waals surface area (Å²) >= 11 is 0. The van der Waals surface area contributed by atoms with Crippen LogP contribution < -0.4 is 10.6 Å². The van der Waals surface area contributed by atoms with Crippen molar-refractivity contribution in [1.29, 1.82) is 0 Å². The van der Waals surface area contributed by atoms with Gasteiger partial charge in [-0.25, -0.2) is 4.79 Å². The van der Waals surface area contributed by atoms with E-state index in [-0.39, 0.29) is 17.5 Å². The van der Waals surface area contributed by atoms with Gasteiger partial charge < -0.3 is 20.6 Å². The molecule has 2 heterocycles.